The fourth-order valence-corrected chi connectivity index (χ4v) is 4.52. The minimum Gasteiger partial charge on any atom is -0.494 e. The minimum absolute atomic E-state index is 0.0534. The molecule has 1 N–H and O–H groups in total. The third-order valence-corrected chi connectivity index (χ3v) is 6.00. The fourth-order valence-electron chi connectivity index (χ4n) is 2.88. The van der Waals surface area contributed by atoms with Crippen molar-refractivity contribution in [1.29, 1.82) is 5.26 Å². The van der Waals surface area contributed by atoms with Gasteiger partial charge in [-0.3, -0.25) is 4.79 Å². The second kappa shape index (κ2) is 12.0. The van der Waals surface area contributed by atoms with E-state index in [0.717, 1.165) is 14.5 Å². The van der Waals surface area contributed by atoms with Crippen molar-refractivity contribution in [2.45, 2.75) is 13.5 Å². The Labute approximate surface area is 217 Å². The number of halogens is 3. The summed E-state index contributed by atoms with van der Waals surface area (Å²) in [6.45, 7) is 2.78. The third kappa shape index (κ3) is 7.19. The van der Waals surface area contributed by atoms with E-state index in [9.17, 15) is 10.1 Å². The maximum Gasteiger partial charge on any atom is 0.266 e. The van der Waals surface area contributed by atoms with Gasteiger partial charge in [-0.25, -0.2) is 0 Å². The van der Waals surface area contributed by atoms with Crippen LogP contribution in [0.1, 0.15) is 18.1 Å². The Morgan fingerprint density at radius 1 is 1.00 bits per heavy atom. The summed E-state index contributed by atoms with van der Waals surface area (Å²) in [5, 5.41) is 12.4. The SMILES string of the molecule is CCOc1ccc(NC(=O)/C(C#N)=C/c2cc(Br)cc(Br)c2OCc2ccc(Br)cc2)cc1. The molecule has 0 atom stereocenters. The van der Waals surface area contributed by atoms with Crippen LogP contribution in [0, 0.1) is 11.3 Å². The summed E-state index contributed by atoms with van der Waals surface area (Å²) in [5.41, 5.74) is 2.08. The van der Waals surface area contributed by atoms with Crippen molar-refractivity contribution < 1.29 is 14.3 Å². The molecule has 3 aromatic carbocycles. The molecule has 0 saturated carbocycles. The molecule has 0 aromatic heterocycles. The Bertz CT molecular complexity index is 1200. The highest BCUT2D eigenvalue weighted by molar-refractivity contribution is 9.11. The monoisotopic (exact) mass is 632 g/mol. The van der Waals surface area contributed by atoms with Crippen molar-refractivity contribution in [1.82, 2.24) is 0 Å². The lowest BCUT2D eigenvalue weighted by Gasteiger charge is -2.13. The van der Waals surface area contributed by atoms with E-state index >= 15 is 0 Å². The number of hydrogen-bond donors (Lipinski definition) is 1. The van der Waals surface area contributed by atoms with E-state index in [0.29, 0.717) is 40.4 Å². The quantitative estimate of drug-likeness (QED) is 0.206. The van der Waals surface area contributed by atoms with Crippen molar-refractivity contribution in [3.05, 3.63) is 90.8 Å². The summed E-state index contributed by atoms with van der Waals surface area (Å²) in [4.78, 5) is 12.7. The second-order valence-corrected chi connectivity index (χ2v) is 9.49. The number of nitrogens with one attached hydrogen (secondary N) is 1. The van der Waals surface area contributed by atoms with Gasteiger partial charge in [0.1, 0.15) is 29.7 Å². The molecule has 33 heavy (non-hydrogen) atoms. The molecule has 0 aliphatic heterocycles. The van der Waals surface area contributed by atoms with E-state index < -0.39 is 5.91 Å². The molecule has 5 nitrogen and oxygen atoms in total. The number of nitriles is 1. The molecule has 1 amide bonds. The van der Waals surface area contributed by atoms with Crippen LogP contribution in [0.2, 0.25) is 0 Å². The molecule has 0 saturated heterocycles. The van der Waals surface area contributed by atoms with Gasteiger partial charge in [-0.1, -0.05) is 44.0 Å². The smallest absolute Gasteiger partial charge is 0.266 e. The second-order valence-electron chi connectivity index (χ2n) is 6.80. The van der Waals surface area contributed by atoms with Crippen LogP contribution < -0.4 is 14.8 Å². The zero-order valence-corrected chi connectivity index (χ0v) is 22.3. The van der Waals surface area contributed by atoms with Crippen LogP contribution in [-0.4, -0.2) is 12.5 Å². The lowest BCUT2D eigenvalue weighted by molar-refractivity contribution is -0.112. The van der Waals surface area contributed by atoms with Gasteiger partial charge in [0.05, 0.1) is 11.1 Å². The van der Waals surface area contributed by atoms with Gasteiger partial charge in [0.25, 0.3) is 5.91 Å². The molecule has 0 spiro atoms. The molecule has 0 aliphatic carbocycles. The lowest BCUT2D eigenvalue weighted by Crippen LogP contribution is -2.13. The topological polar surface area (TPSA) is 71.3 Å². The van der Waals surface area contributed by atoms with Gasteiger partial charge >= 0.3 is 0 Å². The number of ether oxygens (including phenoxy) is 2. The molecule has 0 bridgehead atoms. The number of carbonyl (C=O) groups is 1. The van der Waals surface area contributed by atoms with Crippen molar-refractivity contribution >= 4 is 65.5 Å². The van der Waals surface area contributed by atoms with Gasteiger partial charge in [-0.15, -0.1) is 0 Å². The Morgan fingerprint density at radius 2 is 1.70 bits per heavy atom. The Kier molecular flexibility index (Phi) is 9.12. The number of hydrogen-bond acceptors (Lipinski definition) is 4. The standard InChI is InChI=1S/C25H19Br3N2O3/c1-2-32-22-9-7-21(8-10-22)30-25(31)18(14-29)11-17-12-20(27)13-23(28)24(17)33-15-16-3-5-19(26)6-4-16/h3-13H,2,15H2,1H3,(H,30,31)/b18-11+. The van der Waals surface area contributed by atoms with Crippen molar-refractivity contribution in [2.75, 3.05) is 11.9 Å². The molecule has 0 radical (unpaired) electrons. The molecule has 0 fully saturated rings. The summed E-state index contributed by atoms with van der Waals surface area (Å²) in [6.07, 6.45) is 1.51. The number of anilines is 1. The van der Waals surface area contributed by atoms with Crippen LogP contribution in [0.4, 0.5) is 5.69 Å². The maximum absolute atomic E-state index is 12.7. The first-order valence-corrected chi connectivity index (χ1v) is 12.3. The molecule has 0 unspecified atom stereocenters. The van der Waals surface area contributed by atoms with E-state index in [-0.39, 0.29) is 5.57 Å². The first-order valence-electron chi connectivity index (χ1n) is 9.92. The summed E-state index contributed by atoms with van der Waals surface area (Å²) >= 11 is 10.4. The van der Waals surface area contributed by atoms with Gasteiger partial charge in [0.2, 0.25) is 0 Å². The van der Waals surface area contributed by atoms with Gasteiger partial charge in [-0.2, -0.15) is 5.26 Å². The van der Waals surface area contributed by atoms with E-state index in [2.05, 4.69) is 53.1 Å². The highest BCUT2D eigenvalue weighted by Gasteiger charge is 2.15. The van der Waals surface area contributed by atoms with Crippen LogP contribution in [0.15, 0.2) is 79.7 Å². The Morgan fingerprint density at radius 3 is 2.33 bits per heavy atom. The van der Waals surface area contributed by atoms with Crippen molar-refractivity contribution in [3.63, 3.8) is 0 Å². The van der Waals surface area contributed by atoms with Crippen LogP contribution >= 0.6 is 47.8 Å². The van der Waals surface area contributed by atoms with Crippen molar-refractivity contribution in [3.8, 4) is 17.6 Å². The average molecular weight is 635 g/mol. The largest absolute Gasteiger partial charge is 0.494 e. The van der Waals surface area contributed by atoms with Crippen LogP contribution in [-0.2, 0) is 11.4 Å². The molecular formula is C25H19Br3N2O3. The Balaban J connectivity index is 1.83. The number of carbonyl (C=O) groups excluding carboxylic acids is 1. The van der Waals surface area contributed by atoms with Gasteiger partial charge in [-0.05, 0) is 83.0 Å². The number of benzene rings is 3. The van der Waals surface area contributed by atoms with Gasteiger partial charge in [0, 0.05) is 20.2 Å². The number of rotatable bonds is 8. The van der Waals surface area contributed by atoms with Crippen LogP contribution in [0.5, 0.6) is 11.5 Å². The van der Waals surface area contributed by atoms with E-state index in [4.69, 9.17) is 9.47 Å². The highest BCUT2D eigenvalue weighted by atomic mass is 79.9. The highest BCUT2D eigenvalue weighted by Crippen LogP contribution is 2.35. The van der Waals surface area contributed by atoms with Crippen LogP contribution in [0.25, 0.3) is 6.08 Å². The molecule has 3 aromatic rings. The first kappa shape index (κ1) is 25.0. The first-order chi connectivity index (χ1) is 15.9. The predicted molar refractivity (Wildman–Crippen MR) is 140 cm³/mol. The minimum atomic E-state index is -0.517. The third-order valence-electron chi connectivity index (χ3n) is 4.42. The molecule has 3 rings (SSSR count). The molecule has 0 aliphatic rings. The number of amides is 1. The Hall–Kier alpha value is -2.60. The zero-order chi connectivity index (χ0) is 23.8. The lowest BCUT2D eigenvalue weighted by atomic mass is 10.1. The van der Waals surface area contributed by atoms with E-state index in [1.807, 2.05) is 43.3 Å². The number of nitrogens with zero attached hydrogens (tertiary/aromatic N) is 1. The predicted octanol–water partition coefficient (Wildman–Crippen LogP) is 7.50. The molecule has 168 valence electrons. The normalized spacial score (nSPS) is 10.9. The summed E-state index contributed by atoms with van der Waals surface area (Å²) in [6, 6.07) is 20.4. The summed E-state index contributed by atoms with van der Waals surface area (Å²) in [5.74, 6) is 0.720. The summed E-state index contributed by atoms with van der Waals surface area (Å²) in [7, 11) is 0. The maximum atomic E-state index is 12.7. The van der Waals surface area contributed by atoms with E-state index in [1.165, 1.54) is 6.08 Å². The molecule has 0 heterocycles. The van der Waals surface area contributed by atoms with Gasteiger partial charge in [0.15, 0.2) is 0 Å². The molecule has 8 heteroatoms. The summed E-state index contributed by atoms with van der Waals surface area (Å²) < 4.78 is 13.9. The van der Waals surface area contributed by atoms with Crippen LogP contribution in [0.3, 0.4) is 0 Å². The molecular weight excluding hydrogens is 616 g/mol. The van der Waals surface area contributed by atoms with Gasteiger partial charge < -0.3 is 14.8 Å². The zero-order valence-electron chi connectivity index (χ0n) is 17.6. The van der Waals surface area contributed by atoms with E-state index in [1.54, 1.807) is 30.3 Å². The fraction of sp³-hybridized carbons (Fsp3) is 0.120. The van der Waals surface area contributed by atoms with Crippen molar-refractivity contribution in [2.24, 2.45) is 0 Å². The average Bonchev–Trinajstić information content (AvgIpc) is 2.79.